The van der Waals surface area contributed by atoms with Crippen molar-refractivity contribution in [1.29, 1.82) is 0 Å². The van der Waals surface area contributed by atoms with Crippen molar-refractivity contribution in [2.45, 2.75) is 0 Å². The lowest BCUT2D eigenvalue weighted by Gasteiger charge is -2.12. The molecule has 0 aliphatic rings. The van der Waals surface area contributed by atoms with E-state index in [9.17, 15) is 0 Å². The Morgan fingerprint density at radius 1 is 0.762 bits per heavy atom. The van der Waals surface area contributed by atoms with Crippen molar-refractivity contribution in [3.63, 3.8) is 0 Å². The van der Waals surface area contributed by atoms with Gasteiger partial charge < -0.3 is 5.01 Å². The van der Waals surface area contributed by atoms with Crippen molar-refractivity contribution in [2.75, 3.05) is 14.1 Å². The van der Waals surface area contributed by atoms with Crippen LogP contribution in [0.25, 0.3) is 32.3 Å². The fourth-order valence-electron chi connectivity index (χ4n) is 3.05. The van der Waals surface area contributed by atoms with Crippen molar-refractivity contribution in [2.24, 2.45) is 5.10 Å². The van der Waals surface area contributed by atoms with E-state index in [0.29, 0.717) is 0 Å². The largest absolute Gasteiger partial charge is 0.303 e. The van der Waals surface area contributed by atoms with E-state index < -0.39 is 0 Å². The standard InChI is InChI=1S/C19H16N2/c1-21(2)20-12-16-9-8-15-7-6-13-4-3-5-14-10-11-17(16)19(15)18(13)14/h3-12H,1-2H3/b20-12-. The van der Waals surface area contributed by atoms with E-state index in [4.69, 9.17) is 0 Å². The Hall–Kier alpha value is -2.61. The molecule has 0 radical (unpaired) electrons. The van der Waals surface area contributed by atoms with E-state index in [0.717, 1.165) is 5.56 Å². The SMILES string of the molecule is CN(C)/N=C\c1ccc2ccc3cccc4ccc1c2c34. The summed E-state index contributed by atoms with van der Waals surface area (Å²) < 4.78 is 0. The molecule has 0 bridgehead atoms. The summed E-state index contributed by atoms with van der Waals surface area (Å²) in [7, 11) is 3.87. The van der Waals surface area contributed by atoms with Crippen LogP contribution in [0.5, 0.6) is 0 Å². The van der Waals surface area contributed by atoms with Crippen LogP contribution in [0.4, 0.5) is 0 Å². The minimum absolute atomic E-state index is 1.16. The van der Waals surface area contributed by atoms with Gasteiger partial charge in [-0.05, 0) is 32.3 Å². The molecule has 0 spiro atoms. The van der Waals surface area contributed by atoms with E-state index in [1.807, 2.05) is 25.3 Å². The summed E-state index contributed by atoms with van der Waals surface area (Å²) in [5.41, 5.74) is 1.16. The average Bonchev–Trinajstić information content (AvgIpc) is 2.51. The first kappa shape index (κ1) is 12.2. The van der Waals surface area contributed by atoms with Crippen molar-refractivity contribution < 1.29 is 0 Å². The Morgan fingerprint density at radius 3 is 2.10 bits per heavy atom. The topological polar surface area (TPSA) is 15.6 Å². The van der Waals surface area contributed by atoms with Gasteiger partial charge in [-0.25, -0.2) is 0 Å². The number of hydrogen-bond acceptors (Lipinski definition) is 2. The van der Waals surface area contributed by atoms with Crippen LogP contribution in [0.3, 0.4) is 0 Å². The molecule has 0 unspecified atom stereocenters. The van der Waals surface area contributed by atoms with Gasteiger partial charge in [0.1, 0.15) is 0 Å². The Kier molecular flexibility index (Phi) is 2.58. The van der Waals surface area contributed by atoms with E-state index in [1.165, 1.54) is 32.3 Å². The summed E-state index contributed by atoms with van der Waals surface area (Å²) in [6.07, 6.45) is 1.94. The normalized spacial score (nSPS) is 12.1. The molecule has 4 aromatic carbocycles. The second-order valence-corrected chi connectivity index (χ2v) is 5.60. The first-order valence-electron chi connectivity index (χ1n) is 7.12. The molecule has 0 saturated carbocycles. The fraction of sp³-hybridized carbons (Fsp3) is 0.105. The van der Waals surface area contributed by atoms with Gasteiger partial charge in [0, 0.05) is 19.7 Å². The second kappa shape index (κ2) is 4.45. The third-order valence-corrected chi connectivity index (χ3v) is 3.99. The van der Waals surface area contributed by atoms with Crippen molar-refractivity contribution in [3.8, 4) is 0 Å². The molecule has 0 heterocycles. The van der Waals surface area contributed by atoms with Crippen LogP contribution in [0, 0.1) is 0 Å². The number of hydrogen-bond donors (Lipinski definition) is 0. The molecule has 0 aromatic heterocycles. The molecular formula is C19H16N2. The molecule has 0 saturated heterocycles. The number of rotatable bonds is 2. The van der Waals surface area contributed by atoms with Crippen molar-refractivity contribution in [1.82, 2.24) is 5.01 Å². The average molecular weight is 272 g/mol. The van der Waals surface area contributed by atoms with Crippen LogP contribution in [0.15, 0.2) is 59.7 Å². The molecule has 21 heavy (non-hydrogen) atoms. The van der Waals surface area contributed by atoms with Crippen LogP contribution in [0.2, 0.25) is 0 Å². The van der Waals surface area contributed by atoms with Gasteiger partial charge in [0.15, 0.2) is 0 Å². The fourth-order valence-corrected chi connectivity index (χ4v) is 3.05. The predicted molar refractivity (Wildman–Crippen MR) is 91.4 cm³/mol. The minimum Gasteiger partial charge on any atom is -0.303 e. The smallest absolute Gasteiger partial charge is 0.0548 e. The van der Waals surface area contributed by atoms with Gasteiger partial charge in [-0.3, -0.25) is 0 Å². The van der Waals surface area contributed by atoms with Gasteiger partial charge in [-0.2, -0.15) is 5.10 Å². The van der Waals surface area contributed by atoms with Crippen molar-refractivity contribution in [3.05, 3.63) is 60.2 Å². The van der Waals surface area contributed by atoms with Gasteiger partial charge in [0.2, 0.25) is 0 Å². The highest BCUT2D eigenvalue weighted by molar-refractivity contribution is 6.25. The number of hydrazone groups is 1. The maximum atomic E-state index is 4.39. The monoisotopic (exact) mass is 272 g/mol. The predicted octanol–water partition coefficient (Wildman–Crippen LogP) is 4.48. The Labute approximate surface area is 123 Å². The zero-order valence-electron chi connectivity index (χ0n) is 12.2. The van der Waals surface area contributed by atoms with Crippen LogP contribution < -0.4 is 0 Å². The summed E-state index contributed by atoms with van der Waals surface area (Å²) in [5, 5.41) is 14.0. The van der Waals surface area contributed by atoms with Gasteiger partial charge in [0.25, 0.3) is 0 Å². The molecule has 0 atom stereocenters. The van der Waals surface area contributed by atoms with E-state index in [-0.39, 0.29) is 0 Å². The highest BCUT2D eigenvalue weighted by atomic mass is 15.4. The van der Waals surface area contributed by atoms with Crippen LogP contribution in [-0.2, 0) is 0 Å². The van der Waals surface area contributed by atoms with Crippen LogP contribution in [0.1, 0.15) is 5.56 Å². The maximum absolute atomic E-state index is 4.39. The molecule has 2 nitrogen and oxygen atoms in total. The third-order valence-electron chi connectivity index (χ3n) is 3.99. The summed E-state index contributed by atoms with van der Waals surface area (Å²) >= 11 is 0. The number of nitrogens with zero attached hydrogens (tertiary/aromatic N) is 2. The first-order valence-corrected chi connectivity index (χ1v) is 7.12. The van der Waals surface area contributed by atoms with E-state index in [1.54, 1.807) is 0 Å². The quantitative estimate of drug-likeness (QED) is 0.298. The highest BCUT2D eigenvalue weighted by Crippen LogP contribution is 2.35. The van der Waals surface area contributed by atoms with Crippen LogP contribution in [-0.4, -0.2) is 25.3 Å². The molecule has 0 aliphatic heterocycles. The third kappa shape index (κ3) is 1.83. The van der Waals surface area contributed by atoms with Gasteiger partial charge in [0.05, 0.1) is 6.21 Å². The lowest BCUT2D eigenvalue weighted by atomic mass is 9.92. The molecule has 0 fully saturated rings. The molecule has 2 heteroatoms. The Bertz CT molecular complexity index is 951. The zero-order chi connectivity index (χ0) is 14.4. The summed E-state index contributed by atoms with van der Waals surface area (Å²) in [6, 6.07) is 19.6. The van der Waals surface area contributed by atoms with Gasteiger partial charge in [-0.15, -0.1) is 0 Å². The van der Waals surface area contributed by atoms with Crippen molar-refractivity contribution >= 4 is 38.5 Å². The number of benzene rings is 4. The molecule has 0 aliphatic carbocycles. The molecule has 4 rings (SSSR count). The second-order valence-electron chi connectivity index (χ2n) is 5.60. The Morgan fingerprint density at radius 2 is 1.38 bits per heavy atom. The lowest BCUT2D eigenvalue weighted by Crippen LogP contribution is -2.02. The lowest BCUT2D eigenvalue weighted by molar-refractivity contribution is 0.440. The summed E-state index contributed by atoms with van der Waals surface area (Å²) in [4.78, 5) is 0. The van der Waals surface area contributed by atoms with E-state index in [2.05, 4.69) is 59.7 Å². The molecule has 0 amide bonds. The van der Waals surface area contributed by atoms with Gasteiger partial charge in [-0.1, -0.05) is 54.6 Å². The maximum Gasteiger partial charge on any atom is 0.0548 e. The van der Waals surface area contributed by atoms with E-state index >= 15 is 0 Å². The minimum atomic E-state index is 1.16. The molecule has 0 N–H and O–H groups in total. The summed E-state index contributed by atoms with van der Waals surface area (Å²) in [5.74, 6) is 0. The molecule has 4 aromatic rings. The molecular weight excluding hydrogens is 256 g/mol. The molecule has 102 valence electrons. The van der Waals surface area contributed by atoms with Gasteiger partial charge >= 0.3 is 0 Å². The highest BCUT2D eigenvalue weighted by Gasteiger charge is 2.09. The zero-order valence-corrected chi connectivity index (χ0v) is 12.2. The summed E-state index contributed by atoms with van der Waals surface area (Å²) in [6.45, 7) is 0. The first-order chi connectivity index (χ1) is 10.2. The van der Waals surface area contributed by atoms with Crippen LogP contribution >= 0.6 is 0 Å². The Balaban J connectivity index is 2.15.